The van der Waals surface area contributed by atoms with Crippen molar-refractivity contribution in [3.8, 4) is 0 Å². The summed E-state index contributed by atoms with van der Waals surface area (Å²) in [7, 11) is 0. The molecule has 3 rings (SSSR count). The van der Waals surface area contributed by atoms with Gasteiger partial charge in [0.15, 0.2) is 0 Å². The monoisotopic (exact) mass is 368 g/mol. The molecule has 2 aromatic heterocycles. The van der Waals surface area contributed by atoms with E-state index in [-0.39, 0.29) is 0 Å². The van der Waals surface area contributed by atoms with Crippen LogP contribution in [0.15, 0.2) is 67.1 Å². The molecule has 140 valence electrons. The van der Waals surface area contributed by atoms with Crippen molar-refractivity contribution in [1.82, 2.24) is 14.9 Å². The number of pyridine rings is 1. The van der Waals surface area contributed by atoms with Gasteiger partial charge >= 0.3 is 11.9 Å². The van der Waals surface area contributed by atoms with Crippen LogP contribution in [0.3, 0.4) is 0 Å². The van der Waals surface area contributed by atoms with E-state index in [4.69, 9.17) is 10.2 Å². The number of carboxylic acids is 2. The zero-order valence-electron chi connectivity index (χ0n) is 14.8. The number of carboxylic acid groups (broad SMARTS) is 2. The van der Waals surface area contributed by atoms with Crippen LogP contribution in [0.25, 0.3) is 10.9 Å². The Bertz CT molecular complexity index is 906. The van der Waals surface area contributed by atoms with Gasteiger partial charge in [-0.15, -0.1) is 0 Å². The summed E-state index contributed by atoms with van der Waals surface area (Å²) in [6.45, 7) is 3.08. The molecule has 27 heavy (non-hydrogen) atoms. The first kappa shape index (κ1) is 19.6. The number of para-hydroxylation sites is 1. The van der Waals surface area contributed by atoms with Gasteiger partial charge in [0.25, 0.3) is 0 Å². The number of hydrogen-bond acceptors (Lipinski definition) is 5. The quantitative estimate of drug-likeness (QED) is 0.644. The van der Waals surface area contributed by atoms with Crippen molar-refractivity contribution in [2.24, 2.45) is 0 Å². The summed E-state index contributed by atoms with van der Waals surface area (Å²) in [5.41, 5.74) is 2.22. The number of benzene rings is 1. The highest BCUT2D eigenvalue weighted by molar-refractivity contribution is 5.89. The number of anilines is 1. The molecule has 8 nitrogen and oxygen atoms in total. The molecule has 0 aliphatic rings. The van der Waals surface area contributed by atoms with Crippen LogP contribution in [0.1, 0.15) is 13.3 Å². The maximum atomic E-state index is 9.55. The topological polar surface area (TPSA) is 109 Å². The SMILES string of the molecule is CCCN(c1ccncc1)n1ncc2ccccc21.O=C(O)/C=C\C(=O)O. The number of nitrogens with zero attached hydrogens (tertiary/aromatic N) is 4. The summed E-state index contributed by atoms with van der Waals surface area (Å²) in [5, 5.41) is 23.5. The lowest BCUT2D eigenvalue weighted by Gasteiger charge is -2.24. The van der Waals surface area contributed by atoms with Crippen molar-refractivity contribution >= 4 is 28.5 Å². The predicted molar refractivity (Wildman–Crippen MR) is 101 cm³/mol. The molecule has 0 unspecified atom stereocenters. The molecule has 8 heteroatoms. The van der Waals surface area contributed by atoms with Crippen LogP contribution in [0, 0.1) is 0 Å². The average molecular weight is 368 g/mol. The molecule has 0 atom stereocenters. The molecule has 0 amide bonds. The van der Waals surface area contributed by atoms with Gasteiger partial charge in [-0.05, 0) is 24.6 Å². The summed E-state index contributed by atoms with van der Waals surface area (Å²) in [4.78, 5) is 25.1. The molecule has 0 fully saturated rings. The van der Waals surface area contributed by atoms with Crippen LogP contribution in [-0.2, 0) is 9.59 Å². The number of rotatable bonds is 6. The minimum absolute atomic E-state index is 0.558. The van der Waals surface area contributed by atoms with Gasteiger partial charge in [-0.1, -0.05) is 25.1 Å². The number of hydrogen-bond donors (Lipinski definition) is 2. The Balaban J connectivity index is 0.000000279. The smallest absolute Gasteiger partial charge is 0.328 e. The van der Waals surface area contributed by atoms with Gasteiger partial charge in [0.1, 0.15) is 0 Å². The van der Waals surface area contributed by atoms with E-state index < -0.39 is 11.9 Å². The molecule has 0 aliphatic heterocycles. The van der Waals surface area contributed by atoms with E-state index in [2.05, 4.69) is 34.1 Å². The van der Waals surface area contributed by atoms with Gasteiger partial charge in [0.05, 0.1) is 17.4 Å². The van der Waals surface area contributed by atoms with Gasteiger partial charge in [0, 0.05) is 36.5 Å². The highest BCUT2D eigenvalue weighted by atomic mass is 16.4. The van der Waals surface area contributed by atoms with E-state index in [1.54, 1.807) is 0 Å². The lowest BCUT2D eigenvalue weighted by molar-refractivity contribution is -0.134. The standard InChI is InChI=1S/C15H16N4.C4H4O4/c1-2-11-18(14-7-9-16-10-8-14)19-15-6-4-3-5-13(15)12-17-19;5-3(6)1-2-4(7)8/h3-10,12H,2,11H2,1H3;1-2H,(H,5,6)(H,7,8)/b;2-1-. The number of carbonyl (C=O) groups is 2. The second-order valence-electron chi connectivity index (χ2n) is 5.43. The predicted octanol–water partition coefficient (Wildman–Crippen LogP) is 2.82. The van der Waals surface area contributed by atoms with Gasteiger partial charge < -0.3 is 10.2 Å². The van der Waals surface area contributed by atoms with Crippen molar-refractivity contribution in [2.45, 2.75) is 13.3 Å². The van der Waals surface area contributed by atoms with E-state index in [1.807, 2.05) is 47.6 Å². The third kappa shape index (κ3) is 5.67. The molecule has 3 aromatic rings. The van der Waals surface area contributed by atoms with Gasteiger partial charge in [-0.3, -0.25) is 9.99 Å². The summed E-state index contributed by atoms with van der Waals surface area (Å²) < 4.78 is 0. The zero-order chi connectivity index (χ0) is 19.6. The number of aromatic nitrogens is 3. The average Bonchev–Trinajstić information content (AvgIpc) is 3.09. The maximum absolute atomic E-state index is 9.55. The molecule has 0 bridgehead atoms. The van der Waals surface area contributed by atoms with E-state index in [0.29, 0.717) is 12.2 Å². The molecule has 0 saturated heterocycles. The third-order valence-corrected chi connectivity index (χ3v) is 3.45. The highest BCUT2D eigenvalue weighted by Crippen LogP contribution is 2.19. The Labute approximate surface area is 156 Å². The van der Waals surface area contributed by atoms with E-state index >= 15 is 0 Å². The van der Waals surface area contributed by atoms with Crippen molar-refractivity contribution in [2.75, 3.05) is 11.6 Å². The molecular weight excluding hydrogens is 348 g/mol. The van der Waals surface area contributed by atoms with Crippen LogP contribution in [0.4, 0.5) is 5.69 Å². The van der Waals surface area contributed by atoms with Crippen molar-refractivity contribution in [3.63, 3.8) is 0 Å². The summed E-state index contributed by atoms with van der Waals surface area (Å²) in [6, 6.07) is 12.3. The Morgan fingerprint density at radius 3 is 2.30 bits per heavy atom. The first-order valence-electron chi connectivity index (χ1n) is 8.27. The number of fused-ring (bicyclic) bond motifs is 1. The van der Waals surface area contributed by atoms with Gasteiger partial charge in [0.2, 0.25) is 0 Å². The Hall–Kier alpha value is -3.68. The van der Waals surface area contributed by atoms with Crippen molar-refractivity contribution < 1.29 is 19.8 Å². The Morgan fingerprint density at radius 1 is 1.07 bits per heavy atom. The van der Waals surface area contributed by atoms with Crippen LogP contribution < -0.4 is 5.01 Å². The molecule has 0 aliphatic carbocycles. The van der Waals surface area contributed by atoms with E-state index in [9.17, 15) is 9.59 Å². The van der Waals surface area contributed by atoms with Gasteiger partial charge in [-0.25, -0.2) is 9.59 Å². The zero-order valence-corrected chi connectivity index (χ0v) is 14.8. The number of aliphatic carboxylic acids is 2. The highest BCUT2D eigenvalue weighted by Gasteiger charge is 2.11. The minimum atomic E-state index is -1.26. The molecule has 2 N–H and O–H groups in total. The van der Waals surface area contributed by atoms with Crippen LogP contribution in [-0.4, -0.2) is 43.6 Å². The Kier molecular flexibility index (Phi) is 7.07. The fraction of sp³-hybridized carbons (Fsp3) is 0.158. The summed E-state index contributed by atoms with van der Waals surface area (Å²) in [5.74, 6) is -2.51. The molecular formula is C19H20N4O4. The minimum Gasteiger partial charge on any atom is -0.478 e. The van der Waals surface area contributed by atoms with Crippen LogP contribution in [0.5, 0.6) is 0 Å². The van der Waals surface area contributed by atoms with Crippen LogP contribution >= 0.6 is 0 Å². The fourth-order valence-corrected chi connectivity index (χ4v) is 2.35. The maximum Gasteiger partial charge on any atom is 0.328 e. The molecule has 0 radical (unpaired) electrons. The second kappa shape index (κ2) is 9.71. The normalized spacial score (nSPS) is 10.4. The van der Waals surface area contributed by atoms with Crippen molar-refractivity contribution in [1.29, 1.82) is 0 Å². The molecule has 2 heterocycles. The third-order valence-electron chi connectivity index (χ3n) is 3.45. The second-order valence-corrected chi connectivity index (χ2v) is 5.43. The van der Waals surface area contributed by atoms with Crippen LogP contribution in [0.2, 0.25) is 0 Å². The first-order valence-corrected chi connectivity index (χ1v) is 8.27. The van der Waals surface area contributed by atoms with Crippen molar-refractivity contribution in [3.05, 3.63) is 67.1 Å². The van der Waals surface area contributed by atoms with E-state index in [0.717, 1.165) is 29.6 Å². The van der Waals surface area contributed by atoms with E-state index in [1.165, 1.54) is 0 Å². The lowest BCUT2D eigenvalue weighted by Crippen LogP contribution is -2.31. The molecule has 0 saturated carbocycles. The Morgan fingerprint density at radius 2 is 1.70 bits per heavy atom. The summed E-state index contributed by atoms with van der Waals surface area (Å²) in [6.07, 6.45) is 7.69. The summed E-state index contributed by atoms with van der Waals surface area (Å²) >= 11 is 0. The fourth-order valence-electron chi connectivity index (χ4n) is 2.35. The lowest BCUT2D eigenvalue weighted by atomic mass is 10.3. The van der Waals surface area contributed by atoms with Gasteiger partial charge in [-0.2, -0.15) is 9.89 Å². The first-order chi connectivity index (χ1) is 13.0. The molecule has 1 aromatic carbocycles. The molecule has 0 spiro atoms. The largest absolute Gasteiger partial charge is 0.478 e.